The summed E-state index contributed by atoms with van der Waals surface area (Å²) in [6, 6.07) is 13.6. The highest BCUT2D eigenvalue weighted by Gasteiger charge is 2.33. The number of likely N-dealkylation sites (tertiary alicyclic amines) is 1. The first-order valence-electron chi connectivity index (χ1n) is 8.28. The molecule has 1 aliphatic rings. The molecule has 0 spiro atoms. The van der Waals surface area contributed by atoms with Gasteiger partial charge in [0.15, 0.2) is 0 Å². The highest BCUT2D eigenvalue weighted by atomic mass is 16.2. The molecule has 0 aromatic heterocycles. The normalized spacial score (nSPS) is 17.4. The van der Waals surface area contributed by atoms with Gasteiger partial charge >= 0.3 is 0 Å². The highest BCUT2D eigenvalue weighted by molar-refractivity contribution is 5.99. The summed E-state index contributed by atoms with van der Waals surface area (Å²) >= 11 is 0. The summed E-state index contributed by atoms with van der Waals surface area (Å²) in [5.41, 5.74) is 0.781. The van der Waals surface area contributed by atoms with Crippen LogP contribution in [0.1, 0.15) is 32.6 Å². The Morgan fingerprint density at radius 3 is 2.74 bits per heavy atom. The van der Waals surface area contributed by atoms with Gasteiger partial charge in [-0.05, 0) is 42.2 Å². The van der Waals surface area contributed by atoms with Gasteiger partial charge in [0.05, 0.1) is 0 Å². The first kappa shape index (κ1) is 15.5. The van der Waals surface area contributed by atoms with Gasteiger partial charge in [-0.3, -0.25) is 9.59 Å². The molecule has 4 heteroatoms. The molecular weight excluding hydrogens is 288 g/mol. The van der Waals surface area contributed by atoms with Crippen LogP contribution in [-0.2, 0) is 9.59 Å². The Bertz CT molecular complexity index is 726. The zero-order valence-electron chi connectivity index (χ0n) is 13.4. The number of hydrogen-bond donors (Lipinski definition) is 1. The summed E-state index contributed by atoms with van der Waals surface area (Å²) in [5.74, 6) is 0.00546. The van der Waals surface area contributed by atoms with E-state index in [1.807, 2.05) is 49.4 Å². The number of benzene rings is 2. The molecule has 1 atom stereocenters. The minimum absolute atomic E-state index is 0.0813. The van der Waals surface area contributed by atoms with Crippen molar-refractivity contribution in [1.82, 2.24) is 4.90 Å². The third kappa shape index (κ3) is 3.36. The van der Waals surface area contributed by atoms with Gasteiger partial charge < -0.3 is 10.2 Å². The second kappa shape index (κ2) is 6.82. The summed E-state index contributed by atoms with van der Waals surface area (Å²) in [7, 11) is 0. The van der Waals surface area contributed by atoms with E-state index in [1.165, 1.54) is 0 Å². The van der Waals surface area contributed by atoms with Crippen molar-refractivity contribution in [3.05, 3.63) is 42.5 Å². The van der Waals surface area contributed by atoms with Gasteiger partial charge in [-0.1, -0.05) is 37.3 Å². The van der Waals surface area contributed by atoms with Gasteiger partial charge in [0, 0.05) is 18.7 Å². The van der Waals surface area contributed by atoms with Gasteiger partial charge in [-0.15, -0.1) is 0 Å². The van der Waals surface area contributed by atoms with Crippen LogP contribution in [0.15, 0.2) is 42.5 Å². The first-order chi connectivity index (χ1) is 11.2. The molecule has 0 saturated carbocycles. The van der Waals surface area contributed by atoms with Crippen LogP contribution in [0.2, 0.25) is 0 Å². The summed E-state index contributed by atoms with van der Waals surface area (Å²) in [6.07, 6.45) is 2.97. The van der Waals surface area contributed by atoms with Crippen LogP contribution < -0.4 is 5.32 Å². The van der Waals surface area contributed by atoms with Crippen molar-refractivity contribution in [3.8, 4) is 0 Å². The van der Waals surface area contributed by atoms with E-state index in [0.29, 0.717) is 13.0 Å². The SMILES string of the molecule is CCCC(=O)N1CCCC1C(=O)Nc1ccc2ccccc2c1. The van der Waals surface area contributed by atoms with Gasteiger partial charge in [-0.2, -0.15) is 0 Å². The number of hydrogen-bond acceptors (Lipinski definition) is 2. The lowest BCUT2D eigenvalue weighted by Crippen LogP contribution is -2.43. The van der Waals surface area contributed by atoms with Crippen molar-refractivity contribution in [2.24, 2.45) is 0 Å². The molecule has 1 unspecified atom stereocenters. The van der Waals surface area contributed by atoms with Crippen LogP contribution in [0, 0.1) is 0 Å². The van der Waals surface area contributed by atoms with E-state index in [1.54, 1.807) is 4.90 Å². The van der Waals surface area contributed by atoms with E-state index in [9.17, 15) is 9.59 Å². The molecule has 0 bridgehead atoms. The number of fused-ring (bicyclic) bond motifs is 1. The van der Waals surface area contributed by atoms with E-state index in [4.69, 9.17) is 0 Å². The molecule has 0 aliphatic carbocycles. The Morgan fingerprint density at radius 1 is 1.17 bits per heavy atom. The fraction of sp³-hybridized carbons (Fsp3) is 0.368. The Morgan fingerprint density at radius 2 is 1.96 bits per heavy atom. The molecule has 1 N–H and O–H groups in total. The van der Waals surface area contributed by atoms with E-state index >= 15 is 0 Å². The molecule has 3 rings (SSSR count). The molecule has 2 amide bonds. The number of carbonyl (C=O) groups excluding carboxylic acids is 2. The number of rotatable bonds is 4. The Kier molecular flexibility index (Phi) is 4.60. The quantitative estimate of drug-likeness (QED) is 0.938. The lowest BCUT2D eigenvalue weighted by molar-refractivity contribution is -0.136. The Labute approximate surface area is 136 Å². The van der Waals surface area contributed by atoms with Crippen LogP contribution in [0.3, 0.4) is 0 Å². The topological polar surface area (TPSA) is 49.4 Å². The van der Waals surface area contributed by atoms with Gasteiger partial charge in [0.2, 0.25) is 11.8 Å². The number of anilines is 1. The van der Waals surface area contributed by atoms with Crippen LogP contribution in [0.25, 0.3) is 10.8 Å². The van der Waals surface area contributed by atoms with E-state index in [0.717, 1.165) is 35.7 Å². The van der Waals surface area contributed by atoms with Crippen molar-refractivity contribution in [2.75, 3.05) is 11.9 Å². The maximum atomic E-state index is 12.6. The fourth-order valence-electron chi connectivity index (χ4n) is 3.19. The predicted octanol–water partition coefficient (Wildman–Crippen LogP) is 3.57. The monoisotopic (exact) mass is 310 g/mol. The van der Waals surface area contributed by atoms with Gasteiger partial charge in [0.25, 0.3) is 0 Å². The van der Waals surface area contributed by atoms with Crippen LogP contribution in [0.4, 0.5) is 5.69 Å². The Hall–Kier alpha value is -2.36. The van der Waals surface area contributed by atoms with Crippen LogP contribution in [0.5, 0.6) is 0 Å². The third-order valence-corrected chi connectivity index (χ3v) is 4.36. The summed E-state index contributed by atoms with van der Waals surface area (Å²) in [4.78, 5) is 26.4. The average Bonchev–Trinajstić information content (AvgIpc) is 3.05. The maximum Gasteiger partial charge on any atom is 0.247 e. The van der Waals surface area contributed by atoms with Crippen LogP contribution >= 0.6 is 0 Å². The molecule has 23 heavy (non-hydrogen) atoms. The zero-order valence-corrected chi connectivity index (χ0v) is 13.4. The van der Waals surface area contributed by atoms with Crippen molar-refractivity contribution in [3.63, 3.8) is 0 Å². The standard InChI is InChI=1S/C19H22N2O2/c1-2-6-18(22)21-12-5-9-17(21)19(23)20-16-11-10-14-7-3-4-8-15(14)13-16/h3-4,7-8,10-11,13,17H,2,5-6,9,12H2,1H3,(H,20,23). The number of nitrogens with zero attached hydrogens (tertiary/aromatic N) is 1. The molecule has 120 valence electrons. The number of amides is 2. The first-order valence-corrected chi connectivity index (χ1v) is 8.28. The minimum Gasteiger partial charge on any atom is -0.331 e. The Balaban J connectivity index is 1.73. The molecule has 1 fully saturated rings. The summed E-state index contributed by atoms with van der Waals surface area (Å²) in [6.45, 7) is 2.67. The lowest BCUT2D eigenvalue weighted by Gasteiger charge is -2.24. The van der Waals surface area contributed by atoms with Crippen molar-refractivity contribution < 1.29 is 9.59 Å². The lowest BCUT2D eigenvalue weighted by atomic mass is 10.1. The van der Waals surface area contributed by atoms with Crippen molar-refractivity contribution in [1.29, 1.82) is 0 Å². The molecule has 2 aromatic carbocycles. The van der Waals surface area contributed by atoms with Crippen LogP contribution in [-0.4, -0.2) is 29.3 Å². The highest BCUT2D eigenvalue weighted by Crippen LogP contribution is 2.22. The molecule has 4 nitrogen and oxygen atoms in total. The fourth-order valence-corrected chi connectivity index (χ4v) is 3.19. The largest absolute Gasteiger partial charge is 0.331 e. The minimum atomic E-state index is -0.333. The van der Waals surface area contributed by atoms with E-state index in [-0.39, 0.29) is 17.9 Å². The van der Waals surface area contributed by atoms with E-state index in [2.05, 4.69) is 5.32 Å². The molecule has 2 aromatic rings. The zero-order chi connectivity index (χ0) is 16.2. The van der Waals surface area contributed by atoms with Crippen molar-refractivity contribution in [2.45, 2.75) is 38.6 Å². The number of carbonyl (C=O) groups is 2. The second-order valence-corrected chi connectivity index (χ2v) is 6.05. The van der Waals surface area contributed by atoms with Gasteiger partial charge in [-0.25, -0.2) is 0 Å². The maximum absolute atomic E-state index is 12.6. The molecule has 1 aliphatic heterocycles. The molecular formula is C19H22N2O2. The molecule has 1 saturated heterocycles. The van der Waals surface area contributed by atoms with E-state index < -0.39 is 0 Å². The summed E-state index contributed by atoms with van der Waals surface area (Å²) in [5, 5.41) is 5.21. The smallest absolute Gasteiger partial charge is 0.247 e. The summed E-state index contributed by atoms with van der Waals surface area (Å²) < 4.78 is 0. The number of nitrogens with one attached hydrogen (secondary N) is 1. The average molecular weight is 310 g/mol. The second-order valence-electron chi connectivity index (χ2n) is 6.05. The van der Waals surface area contributed by atoms with Crippen molar-refractivity contribution >= 4 is 28.3 Å². The molecule has 1 heterocycles. The predicted molar refractivity (Wildman–Crippen MR) is 92.2 cm³/mol. The molecule has 0 radical (unpaired) electrons. The third-order valence-electron chi connectivity index (χ3n) is 4.36. The van der Waals surface area contributed by atoms with Gasteiger partial charge in [0.1, 0.15) is 6.04 Å².